The van der Waals surface area contributed by atoms with Crippen molar-refractivity contribution >= 4 is 5.91 Å². The molecule has 0 radical (unpaired) electrons. The number of rotatable bonds is 3. The molecule has 1 aliphatic heterocycles. The Labute approximate surface area is 97.2 Å². The lowest BCUT2D eigenvalue weighted by atomic mass is 10.0. The van der Waals surface area contributed by atoms with Crippen LogP contribution in [0.1, 0.15) is 33.6 Å². The SMILES string of the molecule is CCCC(C#N)C(=O)N1CC(C)OC(C)C1. The van der Waals surface area contributed by atoms with Crippen molar-refractivity contribution < 1.29 is 9.53 Å². The van der Waals surface area contributed by atoms with Gasteiger partial charge in [-0.25, -0.2) is 0 Å². The first-order chi connectivity index (χ1) is 7.58. The average Bonchev–Trinajstić information content (AvgIpc) is 2.23. The fourth-order valence-electron chi connectivity index (χ4n) is 2.11. The van der Waals surface area contributed by atoms with Crippen molar-refractivity contribution in [1.82, 2.24) is 4.90 Å². The number of nitrogens with zero attached hydrogens (tertiary/aromatic N) is 2. The standard InChI is InChI=1S/C12H20N2O2/c1-4-5-11(6-13)12(15)14-7-9(2)16-10(3)8-14/h9-11H,4-5,7-8H2,1-3H3. The molecule has 0 N–H and O–H groups in total. The van der Waals surface area contributed by atoms with E-state index in [2.05, 4.69) is 6.07 Å². The molecule has 1 saturated heterocycles. The Balaban J connectivity index is 2.62. The number of carbonyl (C=O) groups is 1. The normalized spacial score (nSPS) is 27.2. The molecule has 0 aromatic heterocycles. The van der Waals surface area contributed by atoms with Gasteiger partial charge in [0.2, 0.25) is 5.91 Å². The Kier molecular flexibility index (Phi) is 4.75. The van der Waals surface area contributed by atoms with Crippen LogP contribution in [0.25, 0.3) is 0 Å². The topological polar surface area (TPSA) is 53.3 Å². The largest absolute Gasteiger partial charge is 0.372 e. The molecule has 1 aliphatic rings. The molecule has 1 amide bonds. The third kappa shape index (κ3) is 3.21. The molecule has 1 fully saturated rings. The highest BCUT2D eigenvalue weighted by Gasteiger charge is 2.29. The molecule has 4 nitrogen and oxygen atoms in total. The lowest BCUT2D eigenvalue weighted by Crippen LogP contribution is -2.49. The first-order valence-corrected chi connectivity index (χ1v) is 5.92. The van der Waals surface area contributed by atoms with Crippen LogP contribution in [0.5, 0.6) is 0 Å². The van der Waals surface area contributed by atoms with Gasteiger partial charge in [0.1, 0.15) is 5.92 Å². The highest BCUT2D eigenvalue weighted by Crippen LogP contribution is 2.16. The van der Waals surface area contributed by atoms with Gasteiger partial charge in [-0.2, -0.15) is 5.26 Å². The van der Waals surface area contributed by atoms with E-state index in [4.69, 9.17) is 10.00 Å². The van der Waals surface area contributed by atoms with Crippen molar-refractivity contribution in [3.05, 3.63) is 0 Å². The van der Waals surface area contributed by atoms with Crippen molar-refractivity contribution in [1.29, 1.82) is 5.26 Å². The average molecular weight is 224 g/mol. The molecular formula is C12H20N2O2. The van der Waals surface area contributed by atoms with E-state index in [0.29, 0.717) is 19.5 Å². The minimum atomic E-state index is -0.484. The number of ether oxygens (including phenoxy) is 1. The maximum atomic E-state index is 12.1. The summed E-state index contributed by atoms with van der Waals surface area (Å²) in [7, 11) is 0. The van der Waals surface area contributed by atoms with Gasteiger partial charge in [0.25, 0.3) is 0 Å². The second kappa shape index (κ2) is 5.86. The Morgan fingerprint density at radius 3 is 2.50 bits per heavy atom. The molecule has 0 bridgehead atoms. The number of hydrogen-bond acceptors (Lipinski definition) is 3. The highest BCUT2D eigenvalue weighted by molar-refractivity contribution is 5.81. The molecule has 0 aromatic carbocycles. The molecule has 16 heavy (non-hydrogen) atoms. The van der Waals surface area contributed by atoms with Crippen molar-refractivity contribution in [3.63, 3.8) is 0 Å². The van der Waals surface area contributed by atoms with Gasteiger partial charge >= 0.3 is 0 Å². The Morgan fingerprint density at radius 1 is 1.50 bits per heavy atom. The molecule has 3 unspecified atom stereocenters. The van der Waals surface area contributed by atoms with Gasteiger partial charge in [0.15, 0.2) is 0 Å². The van der Waals surface area contributed by atoms with Crippen LogP contribution in [-0.2, 0) is 9.53 Å². The molecule has 0 aromatic rings. The van der Waals surface area contributed by atoms with Crippen molar-refractivity contribution in [2.45, 2.75) is 45.8 Å². The van der Waals surface area contributed by atoms with E-state index in [1.165, 1.54) is 0 Å². The summed E-state index contributed by atoms with van der Waals surface area (Å²) in [6.45, 7) is 7.10. The van der Waals surface area contributed by atoms with Gasteiger partial charge in [-0.15, -0.1) is 0 Å². The fraction of sp³-hybridized carbons (Fsp3) is 0.833. The molecule has 90 valence electrons. The monoisotopic (exact) mass is 224 g/mol. The minimum absolute atomic E-state index is 0.0358. The zero-order valence-electron chi connectivity index (χ0n) is 10.3. The molecule has 0 aliphatic carbocycles. The quantitative estimate of drug-likeness (QED) is 0.731. The van der Waals surface area contributed by atoms with Crippen LogP contribution in [0.2, 0.25) is 0 Å². The summed E-state index contributed by atoms with van der Waals surface area (Å²) in [6, 6.07) is 2.10. The first kappa shape index (κ1) is 13.0. The predicted octanol–water partition coefficient (Wildman–Crippen LogP) is 1.56. The lowest BCUT2D eigenvalue weighted by Gasteiger charge is -2.36. The lowest BCUT2D eigenvalue weighted by molar-refractivity contribution is -0.145. The first-order valence-electron chi connectivity index (χ1n) is 5.92. The Hall–Kier alpha value is -1.08. The summed E-state index contributed by atoms with van der Waals surface area (Å²) in [4.78, 5) is 13.8. The van der Waals surface area contributed by atoms with Crippen LogP contribution in [0.3, 0.4) is 0 Å². The van der Waals surface area contributed by atoms with Gasteiger partial charge in [-0.1, -0.05) is 13.3 Å². The van der Waals surface area contributed by atoms with E-state index in [-0.39, 0.29) is 18.1 Å². The van der Waals surface area contributed by atoms with Gasteiger partial charge in [-0.3, -0.25) is 4.79 Å². The van der Waals surface area contributed by atoms with Gasteiger partial charge in [0.05, 0.1) is 18.3 Å². The second-order valence-corrected chi connectivity index (χ2v) is 4.47. The summed E-state index contributed by atoms with van der Waals surface area (Å²) in [5, 5.41) is 8.96. The van der Waals surface area contributed by atoms with Gasteiger partial charge in [0, 0.05) is 13.1 Å². The van der Waals surface area contributed by atoms with E-state index in [0.717, 1.165) is 6.42 Å². The Morgan fingerprint density at radius 2 is 2.06 bits per heavy atom. The summed E-state index contributed by atoms with van der Waals surface area (Å²) in [5.74, 6) is -0.520. The third-order valence-corrected chi connectivity index (χ3v) is 2.76. The predicted molar refractivity (Wildman–Crippen MR) is 60.6 cm³/mol. The summed E-state index contributed by atoms with van der Waals surface area (Å²) in [6.07, 6.45) is 1.64. The van der Waals surface area contributed by atoms with E-state index >= 15 is 0 Å². The van der Waals surface area contributed by atoms with Crippen LogP contribution in [0.15, 0.2) is 0 Å². The molecule has 0 saturated carbocycles. The number of nitriles is 1. The molecule has 0 spiro atoms. The van der Waals surface area contributed by atoms with Crippen molar-refractivity contribution in [3.8, 4) is 6.07 Å². The van der Waals surface area contributed by atoms with Crippen LogP contribution in [-0.4, -0.2) is 36.1 Å². The number of hydrogen-bond donors (Lipinski definition) is 0. The zero-order chi connectivity index (χ0) is 12.1. The van der Waals surface area contributed by atoms with E-state index < -0.39 is 5.92 Å². The van der Waals surface area contributed by atoms with Crippen LogP contribution >= 0.6 is 0 Å². The smallest absolute Gasteiger partial charge is 0.240 e. The minimum Gasteiger partial charge on any atom is -0.372 e. The molecule has 3 atom stereocenters. The van der Waals surface area contributed by atoms with E-state index in [9.17, 15) is 4.79 Å². The highest BCUT2D eigenvalue weighted by atomic mass is 16.5. The summed E-state index contributed by atoms with van der Waals surface area (Å²) >= 11 is 0. The van der Waals surface area contributed by atoms with E-state index in [1.807, 2.05) is 20.8 Å². The van der Waals surface area contributed by atoms with Crippen LogP contribution in [0, 0.1) is 17.2 Å². The molecule has 1 heterocycles. The molecular weight excluding hydrogens is 204 g/mol. The zero-order valence-corrected chi connectivity index (χ0v) is 10.3. The number of morpholine rings is 1. The summed E-state index contributed by atoms with van der Waals surface area (Å²) < 4.78 is 5.56. The van der Waals surface area contributed by atoms with Crippen LogP contribution < -0.4 is 0 Å². The number of carbonyl (C=O) groups excluding carboxylic acids is 1. The maximum absolute atomic E-state index is 12.1. The van der Waals surface area contributed by atoms with Gasteiger partial charge < -0.3 is 9.64 Å². The summed E-state index contributed by atoms with van der Waals surface area (Å²) in [5.41, 5.74) is 0. The van der Waals surface area contributed by atoms with Gasteiger partial charge in [-0.05, 0) is 20.3 Å². The van der Waals surface area contributed by atoms with Crippen molar-refractivity contribution in [2.75, 3.05) is 13.1 Å². The van der Waals surface area contributed by atoms with Crippen molar-refractivity contribution in [2.24, 2.45) is 5.92 Å². The maximum Gasteiger partial charge on any atom is 0.240 e. The second-order valence-electron chi connectivity index (χ2n) is 4.47. The Bertz CT molecular complexity index is 275. The number of amides is 1. The third-order valence-electron chi connectivity index (χ3n) is 2.76. The van der Waals surface area contributed by atoms with Crippen LogP contribution in [0.4, 0.5) is 0 Å². The molecule has 4 heteroatoms. The fourth-order valence-corrected chi connectivity index (χ4v) is 2.11. The molecule has 1 rings (SSSR count). The van der Waals surface area contributed by atoms with E-state index in [1.54, 1.807) is 4.90 Å².